The van der Waals surface area contributed by atoms with Gasteiger partial charge in [-0.3, -0.25) is 4.79 Å². The lowest BCUT2D eigenvalue weighted by Crippen LogP contribution is -2.24. The van der Waals surface area contributed by atoms with Crippen molar-refractivity contribution < 1.29 is 9.53 Å². The number of aromatic nitrogens is 1. The fourth-order valence-electron chi connectivity index (χ4n) is 2.90. The van der Waals surface area contributed by atoms with Gasteiger partial charge >= 0.3 is 0 Å². The van der Waals surface area contributed by atoms with Gasteiger partial charge < -0.3 is 9.30 Å². The first kappa shape index (κ1) is 18.2. The van der Waals surface area contributed by atoms with Crippen molar-refractivity contribution in [3.63, 3.8) is 0 Å². The number of ether oxygens (including phenoxy) is 1. The molecule has 0 atom stereocenters. The Kier molecular flexibility index (Phi) is 5.42. The number of halogens is 1. The first-order chi connectivity index (χ1) is 12.5. The molecular weight excluding hydrogens is 394 g/mol. The van der Waals surface area contributed by atoms with E-state index < -0.39 is 0 Å². The van der Waals surface area contributed by atoms with Crippen LogP contribution in [-0.2, 0) is 11.8 Å². The van der Waals surface area contributed by atoms with Gasteiger partial charge in [0.2, 0.25) is 0 Å². The Labute approximate surface area is 160 Å². The Balaban J connectivity index is 1.61. The Morgan fingerprint density at radius 1 is 1.31 bits per heavy atom. The minimum absolute atomic E-state index is 0.102. The van der Waals surface area contributed by atoms with Crippen LogP contribution < -0.4 is 10.2 Å². The Morgan fingerprint density at radius 2 is 2.08 bits per heavy atom. The highest BCUT2D eigenvalue weighted by Crippen LogP contribution is 2.30. The molecule has 3 rings (SSSR count). The number of carbonyl (C=O) groups excluding carboxylic acids is 1. The summed E-state index contributed by atoms with van der Waals surface area (Å²) in [6.45, 7) is 3.86. The molecule has 2 aromatic carbocycles. The Morgan fingerprint density at radius 3 is 2.85 bits per heavy atom. The predicted molar refractivity (Wildman–Crippen MR) is 108 cm³/mol. The molecule has 1 amide bonds. The van der Waals surface area contributed by atoms with Crippen LogP contribution in [-0.4, -0.2) is 23.3 Å². The second-order valence-electron chi connectivity index (χ2n) is 6.19. The van der Waals surface area contributed by atoms with Gasteiger partial charge in [-0.15, -0.1) is 0 Å². The van der Waals surface area contributed by atoms with E-state index in [1.807, 2.05) is 68.1 Å². The summed E-state index contributed by atoms with van der Waals surface area (Å²) in [5.41, 5.74) is 6.67. The minimum Gasteiger partial charge on any atom is -0.482 e. The smallest absolute Gasteiger partial charge is 0.277 e. The van der Waals surface area contributed by atoms with Crippen molar-refractivity contribution in [2.24, 2.45) is 12.1 Å². The van der Waals surface area contributed by atoms with E-state index in [1.54, 1.807) is 6.21 Å². The molecule has 0 bridgehead atoms. The normalized spacial score (nSPS) is 11.2. The van der Waals surface area contributed by atoms with E-state index in [-0.39, 0.29) is 12.5 Å². The van der Waals surface area contributed by atoms with Crippen molar-refractivity contribution in [1.82, 2.24) is 9.99 Å². The summed E-state index contributed by atoms with van der Waals surface area (Å²) in [7, 11) is 1.98. The highest BCUT2D eigenvalue weighted by atomic mass is 79.9. The van der Waals surface area contributed by atoms with Gasteiger partial charge in [0.05, 0.1) is 10.7 Å². The molecular formula is C20H20BrN3O2. The number of hydrogen-bond acceptors (Lipinski definition) is 3. The molecule has 0 radical (unpaired) electrons. The molecule has 0 aliphatic rings. The van der Waals surface area contributed by atoms with Crippen LogP contribution in [0.4, 0.5) is 0 Å². The topological polar surface area (TPSA) is 55.6 Å². The Bertz CT molecular complexity index is 969. The second-order valence-corrected chi connectivity index (χ2v) is 7.04. The van der Waals surface area contributed by atoms with Crippen molar-refractivity contribution >= 4 is 39.0 Å². The maximum Gasteiger partial charge on any atom is 0.277 e. The maximum absolute atomic E-state index is 12.0. The molecule has 0 spiro atoms. The van der Waals surface area contributed by atoms with Crippen molar-refractivity contribution in [1.29, 1.82) is 0 Å². The average Bonchev–Trinajstić information content (AvgIpc) is 2.90. The molecule has 5 nitrogen and oxygen atoms in total. The van der Waals surface area contributed by atoms with Crippen LogP contribution in [0.5, 0.6) is 5.75 Å². The molecule has 0 saturated carbocycles. The van der Waals surface area contributed by atoms with E-state index >= 15 is 0 Å². The van der Waals surface area contributed by atoms with Gasteiger partial charge in [-0.25, -0.2) is 5.43 Å². The predicted octanol–water partition coefficient (Wildman–Crippen LogP) is 4.09. The van der Waals surface area contributed by atoms with E-state index in [4.69, 9.17) is 4.74 Å². The summed E-state index contributed by atoms with van der Waals surface area (Å²) in [6, 6.07) is 12.0. The highest BCUT2D eigenvalue weighted by molar-refractivity contribution is 9.10. The van der Waals surface area contributed by atoms with Crippen LogP contribution in [0.1, 0.15) is 16.7 Å². The standard InChI is InChI=1S/C20H20BrN3O2/c1-13-8-14(2)20(17(21)9-13)26-12-19(25)23-22-10-15-11-24(3)18-7-5-4-6-16(15)18/h4-11H,12H2,1-3H3,(H,23,25). The number of rotatable bonds is 5. The lowest BCUT2D eigenvalue weighted by Gasteiger charge is -2.11. The van der Waals surface area contributed by atoms with E-state index in [1.165, 1.54) is 0 Å². The highest BCUT2D eigenvalue weighted by Gasteiger charge is 2.09. The minimum atomic E-state index is -0.312. The molecule has 1 aromatic heterocycles. The number of para-hydroxylation sites is 1. The van der Waals surface area contributed by atoms with Gasteiger partial charge in [0.1, 0.15) is 5.75 Å². The molecule has 0 saturated heterocycles. The van der Waals surface area contributed by atoms with Gasteiger partial charge in [-0.05, 0) is 53.0 Å². The van der Waals surface area contributed by atoms with Crippen LogP contribution in [0.3, 0.4) is 0 Å². The van der Waals surface area contributed by atoms with Gasteiger partial charge in [-0.2, -0.15) is 5.10 Å². The van der Waals surface area contributed by atoms with Crippen molar-refractivity contribution in [3.8, 4) is 5.75 Å². The molecule has 134 valence electrons. The number of hydrazone groups is 1. The summed E-state index contributed by atoms with van der Waals surface area (Å²) in [4.78, 5) is 12.0. The third kappa shape index (κ3) is 3.96. The van der Waals surface area contributed by atoms with Crippen LogP contribution >= 0.6 is 15.9 Å². The average molecular weight is 414 g/mol. The molecule has 0 aliphatic heterocycles. The number of carbonyl (C=O) groups is 1. The SMILES string of the molecule is Cc1cc(C)c(OCC(=O)NN=Cc2cn(C)c3ccccc23)c(Br)c1. The fourth-order valence-corrected chi connectivity index (χ4v) is 3.69. The lowest BCUT2D eigenvalue weighted by molar-refractivity contribution is -0.123. The van der Waals surface area contributed by atoms with E-state index in [9.17, 15) is 4.79 Å². The number of fused-ring (bicyclic) bond motifs is 1. The summed E-state index contributed by atoms with van der Waals surface area (Å²) in [6.07, 6.45) is 3.62. The first-order valence-corrected chi connectivity index (χ1v) is 9.00. The van der Waals surface area contributed by atoms with Crippen LogP contribution in [0.25, 0.3) is 10.9 Å². The zero-order valence-electron chi connectivity index (χ0n) is 14.9. The molecule has 6 heteroatoms. The Hall–Kier alpha value is -2.60. The third-order valence-electron chi connectivity index (χ3n) is 4.04. The first-order valence-electron chi connectivity index (χ1n) is 8.21. The number of nitrogens with one attached hydrogen (secondary N) is 1. The lowest BCUT2D eigenvalue weighted by atomic mass is 10.1. The van der Waals surface area contributed by atoms with Crippen LogP contribution in [0.15, 0.2) is 52.2 Å². The van der Waals surface area contributed by atoms with E-state index in [0.717, 1.165) is 32.1 Å². The van der Waals surface area contributed by atoms with E-state index in [0.29, 0.717) is 5.75 Å². The largest absolute Gasteiger partial charge is 0.482 e. The molecule has 26 heavy (non-hydrogen) atoms. The quantitative estimate of drug-likeness (QED) is 0.505. The molecule has 3 aromatic rings. The zero-order chi connectivity index (χ0) is 18.7. The van der Waals surface area contributed by atoms with Gasteiger partial charge in [0.25, 0.3) is 5.91 Å². The molecule has 0 fully saturated rings. The van der Waals surface area contributed by atoms with E-state index in [2.05, 4.69) is 26.5 Å². The van der Waals surface area contributed by atoms with Gasteiger partial charge in [-0.1, -0.05) is 24.3 Å². The molecule has 1 N–H and O–H groups in total. The van der Waals surface area contributed by atoms with Crippen LogP contribution in [0.2, 0.25) is 0 Å². The van der Waals surface area contributed by atoms with Gasteiger partial charge in [0.15, 0.2) is 6.61 Å². The molecule has 0 unspecified atom stereocenters. The van der Waals surface area contributed by atoms with Crippen molar-refractivity contribution in [2.45, 2.75) is 13.8 Å². The van der Waals surface area contributed by atoms with Crippen molar-refractivity contribution in [2.75, 3.05) is 6.61 Å². The summed E-state index contributed by atoms with van der Waals surface area (Å²) < 4.78 is 8.49. The second kappa shape index (κ2) is 7.74. The molecule has 1 heterocycles. The molecule has 0 aliphatic carbocycles. The number of nitrogens with zero attached hydrogens (tertiary/aromatic N) is 2. The number of hydrogen-bond donors (Lipinski definition) is 1. The third-order valence-corrected chi connectivity index (χ3v) is 4.63. The monoisotopic (exact) mass is 413 g/mol. The van der Waals surface area contributed by atoms with Crippen LogP contribution in [0, 0.1) is 13.8 Å². The van der Waals surface area contributed by atoms with Crippen molar-refractivity contribution in [3.05, 3.63) is 63.8 Å². The summed E-state index contributed by atoms with van der Waals surface area (Å²) >= 11 is 3.47. The number of benzene rings is 2. The summed E-state index contributed by atoms with van der Waals surface area (Å²) in [5, 5.41) is 5.13. The number of amides is 1. The fraction of sp³-hybridized carbons (Fsp3) is 0.200. The number of aryl methyl sites for hydroxylation is 3. The van der Waals surface area contributed by atoms with Gasteiger partial charge in [0, 0.05) is 29.7 Å². The summed E-state index contributed by atoms with van der Waals surface area (Å²) in [5.74, 6) is 0.358. The zero-order valence-corrected chi connectivity index (χ0v) is 16.5. The maximum atomic E-state index is 12.0.